The first-order valence-electron chi connectivity index (χ1n) is 5.56. The number of halogens is 3. The van der Waals surface area contributed by atoms with Crippen LogP contribution in [0.2, 0.25) is 5.02 Å². The van der Waals surface area contributed by atoms with Crippen LogP contribution in [0.3, 0.4) is 0 Å². The van der Waals surface area contributed by atoms with Crippen molar-refractivity contribution in [2.24, 2.45) is 7.05 Å². The van der Waals surface area contributed by atoms with Gasteiger partial charge in [-0.3, -0.25) is 9.48 Å². The van der Waals surface area contributed by atoms with Gasteiger partial charge in [0.05, 0.1) is 22.8 Å². The van der Waals surface area contributed by atoms with E-state index in [2.05, 4.69) is 37.0 Å². The summed E-state index contributed by atoms with van der Waals surface area (Å²) in [7, 11) is 1.79. The first kappa shape index (κ1) is 14.8. The van der Waals surface area contributed by atoms with E-state index in [-0.39, 0.29) is 12.2 Å². The molecule has 0 spiro atoms. The molecule has 2 rings (SSSR count). The number of nitrogens with zero attached hydrogens (tertiary/aromatic N) is 2. The number of aromatic nitrogens is 2. The molecule has 0 unspecified atom stereocenters. The van der Waals surface area contributed by atoms with E-state index in [1.165, 1.54) is 0 Å². The normalized spacial score (nSPS) is 10.8. The zero-order valence-corrected chi connectivity index (χ0v) is 14.3. The Morgan fingerprint density at radius 2 is 2.11 bits per heavy atom. The van der Waals surface area contributed by atoms with Crippen LogP contribution in [0.5, 0.6) is 0 Å². The lowest BCUT2D eigenvalue weighted by Gasteiger charge is -2.05. The molecule has 0 atom stereocenters. The van der Waals surface area contributed by atoms with Gasteiger partial charge in [-0.1, -0.05) is 43.5 Å². The zero-order valence-electron chi connectivity index (χ0n) is 10.4. The van der Waals surface area contributed by atoms with Crippen molar-refractivity contribution in [3.8, 4) is 0 Å². The van der Waals surface area contributed by atoms with Crippen molar-refractivity contribution >= 4 is 49.2 Å². The number of carbonyl (C=O) groups excluding carboxylic acids is 1. The first-order chi connectivity index (χ1) is 8.90. The fourth-order valence-corrected chi connectivity index (χ4v) is 3.33. The van der Waals surface area contributed by atoms with E-state index in [1.807, 2.05) is 19.1 Å². The molecule has 0 bridgehead atoms. The highest BCUT2D eigenvalue weighted by Gasteiger charge is 2.17. The maximum atomic E-state index is 12.3. The van der Waals surface area contributed by atoms with Gasteiger partial charge < -0.3 is 0 Å². The number of hydrogen-bond donors (Lipinski definition) is 0. The molecule has 0 fully saturated rings. The first-order valence-corrected chi connectivity index (χ1v) is 7.52. The van der Waals surface area contributed by atoms with E-state index in [9.17, 15) is 4.79 Å². The molecule has 2 aromatic rings. The van der Waals surface area contributed by atoms with Crippen LogP contribution < -0.4 is 0 Å². The Hall–Kier alpha value is -0.650. The van der Waals surface area contributed by atoms with Crippen molar-refractivity contribution in [2.45, 2.75) is 13.3 Å². The minimum atomic E-state index is 0.00396. The summed E-state index contributed by atoms with van der Waals surface area (Å²) in [4.78, 5) is 12.3. The second-order valence-electron chi connectivity index (χ2n) is 4.19. The number of ketones is 1. The van der Waals surface area contributed by atoms with Gasteiger partial charge in [-0.05, 0) is 25.1 Å². The number of aryl methyl sites for hydroxylation is 2. The molecule has 0 amide bonds. The number of carbonyl (C=O) groups is 1. The van der Waals surface area contributed by atoms with E-state index in [1.54, 1.807) is 17.8 Å². The summed E-state index contributed by atoms with van der Waals surface area (Å²) in [6, 6.07) is 5.48. The standard InChI is InChI=1S/C13H11Br2ClN2O/c1-7-13(16)11(18(2)17-7)6-12(19)9-4-3-8(14)5-10(9)15/h3-5H,6H2,1-2H3. The number of Topliss-reactive ketones (excluding diaryl/α,β-unsaturated/α-hetero) is 1. The fraction of sp³-hybridized carbons (Fsp3) is 0.231. The molecule has 0 N–H and O–H groups in total. The van der Waals surface area contributed by atoms with Gasteiger partial charge in [0, 0.05) is 21.6 Å². The molecule has 0 aliphatic carbocycles. The number of hydrogen-bond acceptors (Lipinski definition) is 2. The van der Waals surface area contributed by atoms with Crippen molar-refractivity contribution in [3.63, 3.8) is 0 Å². The summed E-state index contributed by atoms with van der Waals surface area (Å²) in [5, 5.41) is 4.77. The van der Waals surface area contributed by atoms with E-state index in [0.717, 1.165) is 20.3 Å². The summed E-state index contributed by atoms with van der Waals surface area (Å²) < 4.78 is 3.34. The average Bonchev–Trinajstić information content (AvgIpc) is 2.56. The minimum absolute atomic E-state index is 0.00396. The lowest BCUT2D eigenvalue weighted by molar-refractivity contribution is 0.0990. The second kappa shape index (κ2) is 5.77. The van der Waals surface area contributed by atoms with Crippen molar-refractivity contribution in [2.75, 3.05) is 0 Å². The third-order valence-electron chi connectivity index (χ3n) is 2.82. The van der Waals surface area contributed by atoms with E-state index < -0.39 is 0 Å². The largest absolute Gasteiger partial charge is 0.294 e. The smallest absolute Gasteiger partial charge is 0.169 e. The lowest BCUT2D eigenvalue weighted by Crippen LogP contribution is -2.09. The Kier molecular flexibility index (Phi) is 4.48. The average molecular weight is 407 g/mol. The molecule has 0 aliphatic heterocycles. The van der Waals surface area contributed by atoms with Crippen LogP contribution in [0.1, 0.15) is 21.7 Å². The van der Waals surface area contributed by atoms with Gasteiger partial charge in [0.2, 0.25) is 0 Å². The summed E-state index contributed by atoms with van der Waals surface area (Å²) >= 11 is 12.9. The second-order valence-corrected chi connectivity index (χ2v) is 6.34. The molecule has 0 aliphatic rings. The van der Waals surface area contributed by atoms with Crippen molar-refractivity contribution in [3.05, 3.63) is 49.1 Å². The van der Waals surface area contributed by atoms with E-state index in [0.29, 0.717) is 10.6 Å². The molecule has 3 nitrogen and oxygen atoms in total. The Bertz CT molecular complexity index is 652. The highest BCUT2D eigenvalue weighted by molar-refractivity contribution is 9.11. The van der Waals surface area contributed by atoms with E-state index in [4.69, 9.17) is 11.6 Å². The predicted molar refractivity (Wildman–Crippen MR) is 82.8 cm³/mol. The van der Waals surface area contributed by atoms with Crippen LogP contribution >= 0.6 is 43.5 Å². The van der Waals surface area contributed by atoms with Crippen LogP contribution in [0.4, 0.5) is 0 Å². The Labute approximate surface area is 133 Å². The van der Waals surface area contributed by atoms with Gasteiger partial charge in [0.25, 0.3) is 0 Å². The third-order valence-corrected chi connectivity index (χ3v) is 4.46. The SMILES string of the molecule is Cc1nn(C)c(CC(=O)c2ccc(Br)cc2Br)c1Cl. The quantitative estimate of drug-likeness (QED) is 0.711. The van der Waals surface area contributed by atoms with Crippen LogP contribution in [-0.2, 0) is 13.5 Å². The maximum Gasteiger partial charge on any atom is 0.169 e. The monoisotopic (exact) mass is 404 g/mol. The highest BCUT2D eigenvalue weighted by Crippen LogP contribution is 2.25. The van der Waals surface area contributed by atoms with Gasteiger partial charge >= 0.3 is 0 Å². The molecule has 19 heavy (non-hydrogen) atoms. The van der Waals surface area contributed by atoms with Gasteiger partial charge in [-0.2, -0.15) is 5.10 Å². The van der Waals surface area contributed by atoms with Crippen LogP contribution in [0.15, 0.2) is 27.1 Å². The molecule has 1 heterocycles. The van der Waals surface area contributed by atoms with E-state index >= 15 is 0 Å². The molecular weight excluding hydrogens is 395 g/mol. The molecule has 100 valence electrons. The van der Waals surface area contributed by atoms with Gasteiger partial charge in [0.15, 0.2) is 5.78 Å². The van der Waals surface area contributed by atoms with Crippen molar-refractivity contribution in [1.82, 2.24) is 9.78 Å². The fourth-order valence-electron chi connectivity index (χ4n) is 1.84. The van der Waals surface area contributed by atoms with Gasteiger partial charge in [0.1, 0.15) is 0 Å². The molecule has 1 aromatic carbocycles. The minimum Gasteiger partial charge on any atom is -0.294 e. The summed E-state index contributed by atoms with van der Waals surface area (Å²) in [6.07, 6.45) is 0.233. The van der Waals surface area contributed by atoms with Crippen molar-refractivity contribution in [1.29, 1.82) is 0 Å². The maximum absolute atomic E-state index is 12.3. The molecule has 0 saturated heterocycles. The van der Waals surface area contributed by atoms with Crippen LogP contribution in [0, 0.1) is 6.92 Å². The molecule has 0 radical (unpaired) electrons. The molecule has 0 saturated carbocycles. The van der Waals surface area contributed by atoms with Gasteiger partial charge in [-0.15, -0.1) is 0 Å². The predicted octanol–water partition coefficient (Wildman–Crippen LogP) is 4.33. The molecule has 1 aromatic heterocycles. The van der Waals surface area contributed by atoms with Crippen molar-refractivity contribution < 1.29 is 4.79 Å². The number of benzene rings is 1. The lowest BCUT2D eigenvalue weighted by atomic mass is 10.1. The molecule has 6 heteroatoms. The number of rotatable bonds is 3. The third kappa shape index (κ3) is 3.09. The highest BCUT2D eigenvalue weighted by atomic mass is 79.9. The summed E-state index contributed by atoms with van der Waals surface area (Å²) in [6.45, 7) is 1.83. The topological polar surface area (TPSA) is 34.9 Å². The Morgan fingerprint density at radius 1 is 1.42 bits per heavy atom. The summed E-state index contributed by atoms with van der Waals surface area (Å²) in [5.74, 6) is 0.00396. The molecular formula is C13H11Br2ClN2O. The zero-order chi connectivity index (χ0) is 14.2. The van der Waals surface area contributed by atoms with Crippen LogP contribution in [-0.4, -0.2) is 15.6 Å². The Balaban J connectivity index is 2.31. The van der Waals surface area contributed by atoms with Crippen LogP contribution in [0.25, 0.3) is 0 Å². The van der Waals surface area contributed by atoms with Gasteiger partial charge in [-0.25, -0.2) is 0 Å². The summed E-state index contributed by atoms with van der Waals surface area (Å²) in [5.41, 5.74) is 2.11. The Morgan fingerprint density at radius 3 is 2.63 bits per heavy atom.